The second-order valence-corrected chi connectivity index (χ2v) is 2.86. The molecule has 0 aromatic rings. The predicted molar refractivity (Wildman–Crippen MR) is 39.1 cm³/mol. The van der Waals surface area contributed by atoms with E-state index in [9.17, 15) is 9.90 Å². The van der Waals surface area contributed by atoms with Crippen LogP contribution < -0.4 is 5.32 Å². The minimum atomic E-state index is -0.509. The maximum atomic E-state index is 10.1. The summed E-state index contributed by atoms with van der Waals surface area (Å²) in [6.45, 7) is -0.0729. The van der Waals surface area contributed by atoms with Gasteiger partial charge in [-0.2, -0.15) is 0 Å². The lowest BCUT2D eigenvalue weighted by molar-refractivity contribution is -0.108. The number of aldehydes is 1. The minimum Gasteiger partial charge on any atom is -0.395 e. The second-order valence-electron chi connectivity index (χ2n) is 2.86. The first-order chi connectivity index (χ1) is 5.27. The lowest BCUT2D eigenvalue weighted by Gasteiger charge is -2.10. The van der Waals surface area contributed by atoms with Crippen LogP contribution in [-0.2, 0) is 4.79 Å². The summed E-state index contributed by atoms with van der Waals surface area (Å²) in [4.78, 5) is 10.1. The first-order valence-corrected chi connectivity index (χ1v) is 3.76. The number of carbonyl (C=O) groups excluding carboxylic acids is 1. The van der Waals surface area contributed by atoms with Crippen molar-refractivity contribution < 1.29 is 15.0 Å². The molecule has 3 unspecified atom stereocenters. The molecule has 0 aliphatic carbocycles. The third-order valence-electron chi connectivity index (χ3n) is 2.02. The Hall–Kier alpha value is -0.450. The van der Waals surface area contributed by atoms with E-state index in [4.69, 9.17) is 5.11 Å². The fourth-order valence-corrected chi connectivity index (χ4v) is 1.39. The fourth-order valence-electron chi connectivity index (χ4n) is 1.39. The fraction of sp³-hybridized carbons (Fsp3) is 0.857. The van der Waals surface area contributed by atoms with Crippen LogP contribution in [0, 0.1) is 0 Å². The SMILES string of the molecule is O=CCC1CC(O)C(CO)N1. The Labute approximate surface area is 65.2 Å². The van der Waals surface area contributed by atoms with E-state index in [0.717, 1.165) is 6.29 Å². The normalized spacial score (nSPS) is 37.5. The van der Waals surface area contributed by atoms with Gasteiger partial charge in [-0.3, -0.25) is 0 Å². The van der Waals surface area contributed by atoms with Crippen molar-refractivity contribution in [1.29, 1.82) is 0 Å². The van der Waals surface area contributed by atoms with Crippen LogP contribution in [0.2, 0.25) is 0 Å². The summed E-state index contributed by atoms with van der Waals surface area (Å²) < 4.78 is 0. The molecule has 0 bridgehead atoms. The Kier molecular flexibility index (Phi) is 2.99. The number of hydrogen-bond donors (Lipinski definition) is 3. The highest BCUT2D eigenvalue weighted by Crippen LogP contribution is 2.14. The van der Waals surface area contributed by atoms with Gasteiger partial charge < -0.3 is 20.3 Å². The van der Waals surface area contributed by atoms with Gasteiger partial charge in [-0.25, -0.2) is 0 Å². The maximum absolute atomic E-state index is 10.1. The molecule has 11 heavy (non-hydrogen) atoms. The van der Waals surface area contributed by atoms with Crippen LogP contribution in [-0.4, -0.2) is 41.3 Å². The Bertz CT molecular complexity index is 140. The molecule has 0 spiro atoms. The van der Waals surface area contributed by atoms with Crippen molar-refractivity contribution in [3.8, 4) is 0 Å². The van der Waals surface area contributed by atoms with Crippen LogP contribution in [0.25, 0.3) is 0 Å². The van der Waals surface area contributed by atoms with Crippen molar-refractivity contribution >= 4 is 6.29 Å². The van der Waals surface area contributed by atoms with Crippen LogP contribution in [0.4, 0.5) is 0 Å². The molecule has 1 saturated heterocycles. The summed E-state index contributed by atoms with van der Waals surface area (Å²) in [5.41, 5.74) is 0. The van der Waals surface area contributed by atoms with Gasteiger partial charge in [0.05, 0.1) is 18.8 Å². The Morgan fingerprint density at radius 2 is 2.36 bits per heavy atom. The maximum Gasteiger partial charge on any atom is 0.121 e. The monoisotopic (exact) mass is 159 g/mol. The Morgan fingerprint density at radius 1 is 1.64 bits per heavy atom. The Morgan fingerprint density at radius 3 is 2.82 bits per heavy atom. The third-order valence-corrected chi connectivity index (χ3v) is 2.02. The first-order valence-electron chi connectivity index (χ1n) is 3.76. The molecule has 0 saturated carbocycles. The van der Waals surface area contributed by atoms with Gasteiger partial charge in [0, 0.05) is 12.5 Å². The van der Waals surface area contributed by atoms with Crippen molar-refractivity contribution in [2.45, 2.75) is 31.0 Å². The predicted octanol–water partition coefficient (Wildman–Crippen LogP) is -1.34. The molecule has 1 rings (SSSR count). The van der Waals surface area contributed by atoms with E-state index in [0.29, 0.717) is 12.8 Å². The molecule has 0 radical (unpaired) electrons. The molecule has 0 amide bonds. The van der Waals surface area contributed by atoms with Gasteiger partial charge in [0.1, 0.15) is 6.29 Å². The quantitative estimate of drug-likeness (QED) is 0.446. The molecule has 0 aromatic heterocycles. The van der Waals surface area contributed by atoms with Crippen LogP contribution in [0.15, 0.2) is 0 Å². The lowest BCUT2D eigenvalue weighted by atomic mass is 10.1. The average Bonchev–Trinajstić information content (AvgIpc) is 2.32. The second kappa shape index (κ2) is 3.80. The van der Waals surface area contributed by atoms with E-state index >= 15 is 0 Å². The first kappa shape index (κ1) is 8.64. The van der Waals surface area contributed by atoms with E-state index < -0.39 is 6.10 Å². The zero-order valence-corrected chi connectivity index (χ0v) is 6.23. The number of aliphatic hydroxyl groups is 2. The average molecular weight is 159 g/mol. The molecular formula is C7H13NO3. The molecule has 1 aliphatic rings. The van der Waals surface area contributed by atoms with Gasteiger partial charge in [0.25, 0.3) is 0 Å². The molecule has 1 fully saturated rings. The number of carbonyl (C=O) groups is 1. The van der Waals surface area contributed by atoms with Crippen LogP contribution >= 0.6 is 0 Å². The van der Waals surface area contributed by atoms with Crippen molar-refractivity contribution in [2.24, 2.45) is 0 Å². The van der Waals surface area contributed by atoms with E-state index in [1.807, 2.05) is 0 Å². The molecule has 0 aromatic carbocycles. The summed E-state index contributed by atoms with van der Waals surface area (Å²) in [5, 5.41) is 20.9. The molecule has 4 nitrogen and oxygen atoms in total. The lowest BCUT2D eigenvalue weighted by Crippen LogP contribution is -2.36. The number of aliphatic hydroxyl groups excluding tert-OH is 2. The van der Waals surface area contributed by atoms with E-state index in [-0.39, 0.29) is 18.7 Å². The number of nitrogens with one attached hydrogen (secondary N) is 1. The van der Waals surface area contributed by atoms with Gasteiger partial charge in [0.15, 0.2) is 0 Å². The summed E-state index contributed by atoms with van der Waals surface area (Å²) in [5.74, 6) is 0. The van der Waals surface area contributed by atoms with Gasteiger partial charge in [-0.15, -0.1) is 0 Å². The molecule has 64 valence electrons. The zero-order valence-electron chi connectivity index (χ0n) is 6.23. The van der Waals surface area contributed by atoms with E-state index in [1.54, 1.807) is 0 Å². The van der Waals surface area contributed by atoms with Crippen LogP contribution in [0.5, 0.6) is 0 Å². The Balaban J connectivity index is 2.36. The summed E-state index contributed by atoms with van der Waals surface area (Å²) >= 11 is 0. The largest absolute Gasteiger partial charge is 0.395 e. The third kappa shape index (κ3) is 1.99. The van der Waals surface area contributed by atoms with E-state index in [2.05, 4.69) is 5.32 Å². The standard InChI is InChI=1S/C7H13NO3/c9-2-1-5-3-7(11)6(4-10)8-5/h2,5-8,10-11H,1,3-4H2. The van der Waals surface area contributed by atoms with Crippen molar-refractivity contribution in [1.82, 2.24) is 5.32 Å². The van der Waals surface area contributed by atoms with Gasteiger partial charge in [-0.1, -0.05) is 0 Å². The van der Waals surface area contributed by atoms with Crippen molar-refractivity contribution in [2.75, 3.05) is 6.61 Å². The smallest absolute Gasteiger partial charge is 0.121 e. The highest BCUT2D eigenvalue weighted by molar-refractivity contribution is 5.50. The van der Waals surface area contributed by atoms with Crippen LogP contribution in [0.1, 0.15) is 12.8 Å². The topological polar surface area (TPSA) is 69.6 Å². The number of hydrogen-bond acceptors (Lipinski definition) is 4. The summed E-state index contributed by atoms with van der Waals surface area (Å²) in [6, 6.07) is -0.209. The van der Waals surface area contributed by atoms with Crippen molar-refractivity contribution in [3.05, 3.63) is 0 Å². The van der Waals surface area contributed by atoms with Crippen molar-refractivity contribution in [3.63, 3.8) is 0 Å². The molecule has 1 aliphatic heterocycles. The molecule has 3 N–H and O–H groups in total. The zero-order chi connectivity index (χ0) is 8.27. The van der Waals surface area contributed by atoms with Gasteiger partial charge >= 0.3 is 0 Å². The number of rotatable bonds is 3. The van der Waals surface area contributed by atoms with Gasteiger partial charge in [0.2, 0.25) is 0 Å². The summed E-state index contributed by atoms with van der Waals surface area (Å²) in [6.07, 6.45) is 1.28. The molecular weight excluding hydrogens is 146 g/mol. The minimum absolute atomic E-state index is 0.0413. The van der Waals surface area contributed by atoms with Gasteiger partial charge in [-0.05, 0) is 6.42 Å². The molecule has 4 heteroatoms. The molecule has 1 heterocycles. The highest BCUT2D eigenvalue weighted by Gasteiger charge is 2.30. The summed E-state index contributed by atoms with van der Waals surface area (Å²) in [7, 11) is 0. The van der Waals surface area contributed by atoms with Crippen LogP contribution in [0.3, 0.4) is 0 Å². The van der Waals surface area contributed by atoms with E-state index in [1.165, 1.54) is 0 Å². The highest BCUT2D eigenvalue weighted by atomic mass is 16.3. The molecule has 3 atom stereocenters.